The number of hydrogen-bond donors (Lipinski definition) is 1. The molecule has 0 aliphatic rings. The molecule has 0 aromatic heterocycles. The van der Waals surface area contributed by atoms with E-state index >= 15 is 0 Å². The Morgan fingerprint density at radius 2 is 1.67 bits per heavy atom. The predicted octanol–water partition coefficient (Wildman–Crippen LogP) is 5.94. The predicted molar refractivity (Wildman–Crippen MR) is 90.0 cm³/mol. The summed E-state index contributed by atoms with van der Waals surface area (Å²) >= 11 is 18.4. The van der Waals surface area contributed by atoms with Crippen LogP contribution in [0, 0.1) is 0 Å². The van der Waals surface area contributed by atoms with Gasteiger partial charge in [0.05, 0.1) is 10.0 Å². The van der Waals surface area contributed by atoms with Crippen molar-refractivity contribution in [3.63, 3.8) is 0 Å². The quantitative estimate of drug-likeness (QED) is 0.725. The Balaban J connectivity index is 2.32. The second-order valence-electron chi connectivity index (χ2n) is 4.92. The lowest BCUT2D eigenvalue weighted by atomic mass is 10.2. The minimum atomic E-state index is 0.367. The van der Waals surface area contributed by atoms with Crippen LogP contribution in [0.15, 0.2) is 36.4 Å². The molecule has 0 bridgehead atoms. The summed E-state index contributed by atoms with van der Waals surface area (Å²) in [6, 6.07) is 11.3. The van der Waals surface area contributed by atoms with Crippen LogP contribution in [-0.4, -0.2) is 6.04 Å². The number of para-hydroxylation sites is 1. The van der Waals surface area contributed by atoms with Crippen LogP contribution in [0.1, 0.15) is 19.4 Å². The molecule has 2 aromatic rings. The lowest BCUT2D eigenvalue weighted by molar-refractivity contribution is 0.470. The first-order valence-electron chi connectivity index (χ1n) is 6.61. The summed E-state index contributed by atoms with van der Waals surface area (Å²) in [6.07, 6.45) is 0. The molecule has 0 spiro atoms. The Bertz CT molecular complexity index is 629. The van der Waals surface area contributed by atoms with E-state index in [9.17, 15) is 0 Å². The van der Waals surface area contributed by atoms with Crippen LogP contribution in [0.2, 0.25) is 15.1 Å². The van der Waals surface area contributed by atoms with Gasteiger partial charge < -0.3 is 10.1 Å². The molecule has 2 aromatic carbocycles. The van der Waals surface area contributed by atoms with Gasteiger partial charge in [0.1, 0.15) is 10.8 Å². The molecular weight excluding hydrogens is 329 g/mol. The summed E-state index contributed by atoms with van der Waals surface area (Å²) in [5.41, 5.74) is 0.965. The van der Waals surface area contributed by atoms with Gasteiger partial charge in [0.25, 0.3) is 0 Å². The Hall–Kier alpha value is -0.930. The van der Waals surface area contributed by atoms with Gasteiger partial charge >= 0.3 is 0 Å². The third kappa shape index (κ3) is 4.27. The summed E-state index contributed by atoms with van der Waals surface area (Å²) in [7, 11) is 0. The molecule has 0 unspecified atom stereocenters. The third-order valence-electron chi connectivity index (χ3n) is 2.88. The van der Waals surface area contributed by atoms with E-state index in [-0.39, 0.29) is 0 Å². The number of ether oxygens (including phenoxy) is 1. The lowest BCUT2D eigenvalue weighted by Gasteiger charge is -2.15. The standard InChI is InChI=1S/C16H16Cl3NO/c1-10(2)20-9-11-5-3-7-13(18)16(11)21-14-8-4-6-12(17)15(14)19/h3-8,10,20H,9H2,1-2H3. The Morgan fingerprint density at radius 3 is 2.38 bits per heavy atom. The average Bonchev–Trinajstić information content (AvgIpc) is 2.44. The fourth-order valence-corrected chi connectivity index (χ4v) is 2.36. The zero-order valence-electron chi connectivity index (χ0n) is 11.8. The first-order chi connectivity index (χ1) is 9.99. The van der Waals surface area contributed by atoms with E-state index in [4.69, 9.17) is 39.5 Å². The molecule has 0 saturated heterocycles. The molecule has 0 radical (unpaired) electrons. The maximum absolute atomic E-state index is 6.26. The van der Waals surface area contributed by atoms with Crippen molar-refractivity contribution in [2.75, 3.05) is 0 Å². The van der Waals surface area contributed by atoms with E-state index in [0.29, 0.717) is 39.2 Å². The molecule has 0 atom stereocenters. The SMILES string of the molecule is CC(C)NCc1cccc(Cl)c1Oc1cccc(Cl)c1Cl. The van der Waals surface area contributed by atoms with Crippen molar-refractivity contribution in [3.8, 4) is 11.5 Å². The van der Waals surface area contributed by atoms with Crippen LogP contribution in [-0.2, 0) is 6.54 Å². The van der Waals surface area contributed by atoms with E-state index in [2.05, 4.69) is 19.2 Å². The van der Waals surface area contributed by atoms with Gasteiger partial charge in [0.2, 0.25) is 0 Å². The average molecular weight is 345 g/mol. The van der Waals surface area contributed by atoms with Crippen LogP contribution < -0.4 is 10.1 Å². The van der Waals surface area contributed by atoms with Crippen molar-refractivity contribution >= 4 is 34.8 Å². The van der Waals surface area contributed by atoms with Crippen LogP contribution in [0.4, 0.5) is 0 Å². The lowest BCUT2D eigenvalue weighted by Crippen LogP contribution is -2.22. The highest BCUT2D eigenvalue weighted by molar-refractivity contribution is 6.43. The van der Waals surface area contributed by atoms with Crippen molar-refractivity contribution in [3.05, 3.63) is 57.0 Å². The third-order valence-corrected chi connectivity index (χ3v) is 3.98. The van der Waals surface area contributed by atoms with Crippen LogP contribution in [0.3, 0.4) is 0 Å². The minimum Gasteiger partial charge on any atom is -0.454 e. The van der Waals surface area contributed by atoms with Gasteiger partial charge in [-0.05, 0) is 18.2 Å². The van der Waals surface area contributed by atoms with Crippen molar-refractivity contribution < 1.29 is 4.74 Å². The fraction of sp³-hybridized carbons (Fsp3) is 0.250. The Kier molecular flexibility index (Phi) is 5.77. The van der Waals surface area contributed by atoms with Gasteiger partial charge in [0, 0.05) is 18.2 Å². The van der Waals surface area contributed by atoms with Gasteiger partial charge in [-0.15, -0.1) is 0 Å². The van der Waals surface area contributed by atoms with Crippen LogP contribution in [0.25, 0.3) is 0 Å². The van der Waals surface area contributed by atoms with E-state index < -0.39 is 0 Å². The van der Waals surface area contributed by atoms with E-state index in [1.54, 1.807) is 24.3 Å². The largest absolute Gasteiger partial charge is 0.454 e. The van der Waals surface area contributed by atoms with Crippen molar-refractivity contribution in [2.45, 2.75) is 26.4 Å². The van der Waals surface area contributed by atoms with E-state index in [1.807, 2.05) is 12.1 Å². The van der Waals surface area contributed by atoms with Crippen molar-refractivity contribution in [2.24, 2.45) is 0 Å². The molecule has 0 aliphatic carbocycles. The van der Waals surface area contributed by atoms with Crippen LogP contribution >= 0.6 is 34.8 Å². The maximum Gasteiger partial charge on any atom is 0.150 e. The highest BCUT2D eigenvalue weighted by Crippen LogP contribution is 2.38. The highest BCUT2D eigenvalue weighted by Gasteiger charge is 2.13. The first kappa shape index (κ1) is 16.4. The minimum absolute atomic E-state index is 0.367. The molecule has 1 N–H and O–H groups in total. The van der Waals surface area contributed by atoms with Crippen LogP contribution in [0.5, 0.6) is 11.5 Å². The van der Waals surface area contributed by atoms with Crippen molar-refractivity contribution in [1.29, 1.82) is 0 Å². The summed E-state index contributed by atoms with van der Waals surface area (Å²) < 4.78 is 5.90. The molecular formula is C16H16Cl3NO. The zero-order chi connectivity index (χ0) is 15.4. The Labute approximate surface area is 140 Å². The molecule has 5 heteroatoms. The maximum atomic E-state index is 6.26. The molecule has 2 nitrogen and oxygen atoms in total. The Morgan fingerprint density at radius 1 is 1.00 bits per heavy atom. The summed E-state index contributed by atoms with van der Waals surface area (Å²) in [5.74, 6) is 1.08. The smallest absolute Gasteiger partial charge is 0.150 e. The molecule has 0 amide bonds. The van der Waals surface area contributed by atoms with Gasteiger partial charge in [0.15, 0.2) is 5.75 Å². The molecule has 0 aliphatic heterocycles. The van der Waals surface area contributed by atoms with Crippen molar-refractivity contribution in [1.82, 2.24) is 5.32 Å². The molecule has 0 heterocycles. The molecule has 0 saturated carbocycles. The number of hydrogen-bond acceptors (Lipinski definition) is 2. The fourth-order valence-electron chi connectivity index (χ4n) is 1.79. The molecule has 112 valence electrons. The number of halogens is 3. The molecule has 0 fully saturated rings. The topological polar surface area (TPSA) is 21.3 Å². The number of benzene rings is 2. The zero-order valence-corrected chi connectivity index (χ0v) is 14.1. The normalized spacial score (nSPS) is 11.0. The molecule has 2 rings (SSSR count). The molecule has 21 heavy (non-hydrogen) atoms. The second-order valence-corrected chi connectivity index (χ2v) is 6.11. The van der Waals surface area contributed by atoms with Gasteiger partial charge in [-0.2, -0.15) is 0 Å². The highest BCUT2D eigenvalue weighted by atomic mass is 35.5. The summed E-state index contributed by atoms with van der Waals surface area (Å²) in [5, 5.41) is 4.70. The van der Waals surface area contributed by atoms with Gasteiger partial charge in [-0.25, -0.2) is 0 Å². The summed E-state index contributed by atoms with van der Waals surface area (Å²) in [4.78, 5) is 0. The monoisotopic (exact) mass is 343 g/mol. The van der Waals surface area contributed by atoms with E-state index in [1.165, 1.54) is 0 Å². The first-order valence-corrected chi connectivity index (χ1v) is 7.75. The van der Waals surface area contributed by atoms with Gasteiger partial charge in [-0.1, -0.05) is 66.8 Å². The number of nitrogens with one attached hydrogen (secondary N) is 1. The summed E-state index contributed by atoms with van der Waals surface area (Å²) in [6.45, 7) is 4.82. The van der Waals surface area contributed by atoms with Gasteiger partial charge in [-0.3, -0.25) is 0 Å². The van der Waals surface area contributed by atoms with E-state index in [0.717, 1.165) is 5.56 Å². The second kappa shape index (κ2) is 7.37. The number of rotatable bonds is 5.